The fourth-order valence-electron chi connectivity index (χ4n) is 4.58. The molecular weight excluding hydrogens is 384 g/mol. The number of rotatable bonds is 6. The van der Waals surface area contributed by atoms with Gasteiger partial charge in [-0.25, -0.2) is 4.98 Å². The highest BCUT2D eigenvalue weighted by Crippen LogP contribution is 2.36. The molecule has 1 atom stereocenters. The van der Waals surface area contributed by atoms with Crippen LogP contribution in [0.25, 0.3) is 0 Å². The van der Waals surface area contributed by atoms with E-state index in [1.54, 1.807) is 0 Å². The molecule has 0 spiro atoms. The zero-order valence-corrected chi connectivity index (χ0v) is 17.9. The Labute approximate surface area is 177 Å². The molecule has 29 heavy (non-hydrogen) atoms. The van der Waals surface area contributed by atoms with E-state index in [-0.39, 0.29) is 17.8 Å². The Hall–Kier alpha value is -1.78. The fraction of sp³-hybridized carbons (Fsp3) is 0.682. The van der Waals surface area contributed by atoms with Gasteiger partial charge in [-0.05, 0) is 68.9 Å². The second-order valence-electron chi connectivity index (χ2n) is 8.17. The van der Waals surface area contributed by atoms with Crippen LogP contribution in [0.4, 0.5) is 5.82 Å². The number of carbonyl (C=O) groups is 1. The van der Waals surface area contributed by atoms with Gasteiger partial charge in [-0.3, -0.25) is 4.79 Å². The molecule has 2 saturated heterocycles. The lowest BCUT2D eigenvalue weighted by Gasteiger charge is -2.32. The number of piperidine rings is 1. The van der Waals surface area contributed by atoms with Crippen LogP contribution < -0.4 is 10.2 Å². The van der Waals surface area contributed by atoms with E-state index in [9.17, 15) is 10.1 Å². The molecule has 0 bridgehead atoms. The fourth-order valence-corrected chi connectivity index (χ4v) is 5.42. The molecule has 0 unspecified atom stereocenters. The molecule has 0 aromatic carbocycles. The molecule has 1 amide bonds. The van der Waals surface area contributed by atoms with Gasteiger partial charge >= 0.3 is 0 Å². The third-order valence-electron chi connectivity index (χ3n) is 6.12. The van der Waals surface area contributed by atoms with Gasteiger partial charge in [0.05, 0.1) is 17.4 Å². The van der Waals surface area contributed by atoms with Crippen LogP contribution in [0.3, 0.4) is 0 Å². The number of hydrogen-bond acceptors (Lipinski definition) is 6. The van der Waals surface area contributed by atoms with Gasteiger partial charge in [-0.1, -0.05) is 11.8 Å². The van der Waals surface area contributed by atoms with Gasteiger partial charge in [0.1, 0.15) is 16.9 Å². The van der Waals surface area contributed by atoms with Gasteiger partial charge in [0.25, 0.3) is 0 Å². The van der Waals surface area contributed by atoms with Crippen LogP contribution >= 0.6 is 11.8 Å². The summed E-state index contributed by atoms with van der Waals surface area (Å²) in [5.74, 6) is 1.33. The van der Waals surface area contributed by atoms with E-state index in [0.717, 1.165) is 62.6 Å². The lowest BCUT2D eigenvalue weighted by molar-refractivity contribution is -0.119. The molecule has 1 aromatic rings. The average molecular weight is 415 g/mol. The van der Waals surface area contributed by atoms with Crippen LogP contribution in [0.15, 0.2) is 5.03 Å². The summed E-state index contributed by atoms with van der Waals surface area (Å²) >= 11 is 1.40. The molecule has 1 aliphatic carbocycles. The van der Waals surface area contributed by atoms with Crippen molar-refractivity contribution < 1.29 is 9.53 Å². The van der Waals surface area contributed by atoms with Crippen molar-refractivity contribution in [3.8, 4) is 6.07 Å². The monoisotopic (exact) mass is 414 g/mol. The normalized spacial score (nSPS) is 21.5. The Balaban J connectivity index is 1.50. The lowest BCUT2D eigenvalue weighted by Crippen LogP contribution is -2.33. The van der Waals surface area contributed by atoms with E-state index in [0.29, 0.717) is 12.1 Å². The molecule has 6 nitrogen and oxygen atoms in total. The van der Waals surface area contributed by atoms with Crippen molar-refractivity contribution in [2.24, 2.45) is 0 Å². The quantitative estimate of drug-likeness (QED) is 0.720. The highest BCUT2D eigenvalue weighted by atomic mass is 32.2. The molecule has 0 saturated carbocycles. The zero-order chi connectivity index (χ0) is 20.1. The van der Waals surface area contributed by atoms with Gasteiger partial charge in [-0.2, -0.15) is 5.26 Å². The van der Waals surface area contributed by atoms with Crippen LogP contribution in [0.5, 0.6) is 0 Å². The molecular formula is C22H30N4O2S. The van der Waals surface area contributed by atoms with Crippen molar-refractivity contribution in [2.45, 2.75) is 68.9 Å². The van der Waals surface area contributed by atoms with Gasteiger partial charge in [0.2, 0.25) is 5.91 Å². The minimum atomic E-state index is -0.0200. The molecule has 3 aliphatic rings. The average Bonchev–Trinajstić information content (AvgIpc) is 3.29. The number of nitrogens with one attached hydrogen (secondary N) is 1. The first kappa shape index (κ1) is 20.5. The highest BCUT2D eigenvalue weighted by molar-refractivity contribution is 8.00. The number of nitriles is 1. The summed E-state index contributed by atoms with van der Waals surface area (Å²) in [6.45, 7) is 3.44. The molecule has 4 rings (SSSR count). The molecule has 0 radical (unpaired) electrons. The van der Waals surface area contributed by atoms with Gasteiger partial charge in [0.15, 0.2) is 0 Å². The van der Waals surface area contributed by atoms with E-state index in [1.165, 1.54) is 48.6 Å². The summed E-state index contributed by atoms with van der Waals surface area (Å²) in [5.41, 5.74) is 3.15. The second-order valence-corrected chi connectivity index (χ2v) is 9.13. The van der Waals surface area contributed by atoms with Crippen LogP contribution in [0.2, 0.25) is 0 Å². The van der Waals surface area contributed by atoms with E-state index in [4.69, 9.17) is 9.72 Å². The van der Waals surface area contributed by atoms with Gasteiger partial charge in [0, 0.05) is 26.2 Å². The van der Waals surface area contributed by atoms with E-state index >= 15 is 0 Å². The number of pyridine rings is 1. The molecule has 1 N–H and O–H groups in total. The first-order valence-electron chi connectivity index (χ1n) is 11.0. The zero-order valence-electron chi connectivity index (χ0n) is 17.0. The van der Waals surface area contributed by atoms with E-state index < -0.39 is 0 Å². The molecule has 1 aromatic heterocycles. The van der Waals surface area contributed by atoms with Crippen molar-refractivity contribution in [1.29, 1.82) is 5.26 Å². The smallest absolute Gasteiger partial charge is 0.230 e. The SMILES string of the molecule is N#Cc1c(SCC(=O)NC[C@H]2CCCO2)nc(N2CCCCC2)c2c1CCCC2. The van der Waals surface area contributed by atoms with Gasteiger partial charge < -0.3 is 15.0 Å². The Morgan fingerprint density at radius 2 is 1.97 bits per heavy atom. The highest BCUT2D eigenvalue weighted by Gasteiger charge is 2.26. The third-order valence-corrected chi connectivity index (χ3v) is 7.09. The van der Waals surface area contributed by atoms with Crippen molar-refractivity contribution in [2.75, 3.05) is 36.9 Å². The summed E-state index contributed by atoms with van der Waals surface area (Å²) in [5, 5.41) is 13.5. The summed E-state index contributed by atoms with van der Waals surface area (Å²) in [4.78, 5) is 19.7. The number of thioether (sulfide) groups is 1. The van der Waals surface area contributed by atoms with Gasteiger partial charge in [-0.15, -0.1) is 0 Å². The maximum absolute atomic E-state index is 12.3. The Kier molecular flexibility index (Phi) is 6.94. The number of carbonyl (C=O) groups excluding carboxylic acids is 1. The van der Waals surface area contributed by atoms with Crippen molar-refractivity contribution in [3.05, 3.63) is 16.7 Å². The summed E-state index contributed by atoms with van der Waals surface area (Å²) in [6.07, 6.45) is 10.1. The molecule has 156 valence electrons. The number of fused-ring (bicyclic) bond motifs is 1. The lowest BCUT2D eigenvalue weighted by atomic mass is 9.89. The third kappa shape index (κ3) is 4.87. The van der Waals surface area contributed by atoms with Crippen LogP contribution in [0.1, 0.15) is 61.6 Å². The first-order valence-corrected chi connectivity index (χ1v) is 12.0. The van der Waals surface area contributed by atoms with Crippen LogP contribution in [-0.4, -0.2) is 49.0 Å². The van der Waals surface area contributed by atoms with E-state index in [1.807, 2.05) is 0 Å². The summed E-state index contributed by atoms with van der Waals surface area (Å²) in [6, 6.07) is 2.40. The van der Waals surface area contributed by atoms with Crippen molar-refractivity contribution in [3.63, 3.8) is 0 Å². The van der Waals surface area contributed by atoms with Crippen LogP contribution in [-0.2, 0) is 22.4 Å². The molecule has 7 heteroatoms. The molecule has 2 fully saturated rings. The van der Waals surface area contributed by atoms with E-state index in [2.05, 4.69) is 16.3 Å². The number of amides is 1. The maximum atomic E-state index is 12.3. The first-order chi connectivity index (χ1) is 14.3. The minimum absolute atomic E-state index is 0.0200. The number of hydrogen-bond donors (Lipinski definition) is 1. The number of ether oxygens (including phenoxy) is 1. The summed E-state index contributed by atoms with van der Waals surface area (Å²) in [7, 11) is 0. The van der Waals surface area contributed by atoms with Crippen molar-refractivity contribution >= 4 is 23.5 Å². The minimum Gasteiger partial charge on any atom is -0.376 e. The Bertz CT molecular complexity index is 780. The number of nitrogens with zero attached hydrogens (tertiary/aromatic N) is 3. The standard InChI is InChI=1S/C22H30N4O2S/c23-13-19-17-8-2-3-9-18(17)21(26-10-4-1-5-11-26)25-22(19)29-15-20(27)24-14-16-7-6-12-28-16/h16H,1-12,14-15H2,(H,24,27)/t16-/m1/s1. The topological polar surface area (TPSA) is 78.2 Å². The number of anilines is 1. The Morgan fingerprint density at radius 3 is 2.69 bits per heavy atom. The van der Waals surface area contributed by atoms with Crippen LogP contribution in [0, 0.1) is 11.3 Å². The second kappa shape index (κ2) is 9.82. The maximum Gasteiger partial charge on any atom is 0.230 e. The predicted octanol–water partition coefficient (Wildman–Crippen LogP) is 3.21. The predicted molar refractivity (Wildman–Crippen MR) is 114 cm³/mol. The molecule has 3 heterocycles. The molecule has 2 aliphatic heterocycles. The largest absolute Gasteiger partial charge is 0.376 e. The van der Waals surface area contributed by atoms with Crippen molar-refractivity contribution in [1.82, 2.24) is 10.3 Å². The number of aromatic nitrogens is 1. The Morgan fingerprint density at radius 1 is 1.17 bits per heavy atom. The summed E-state index contributed by atoms with van der Waals surface area (Å²) < 4.78 is 5.57.